The summed E-state index contributed by atoms with van der Waals surface area (Å²) in [4.78, 5) is 16.5. The van der Waals surface area contributed by atoms with Crippen LogP contribution in [-0.2, 0) is 4.79 Å². The van der Waals surface area contributed by atoms with Gasteiger partial charge in [-0.2, -0.15) is 0 Å². The van der Waals surface area contributed by atoms with Crippen LogP contribution in [0, 0.1) is 20.8 Å². The van der Waals surface area contributed by atoms with E-state index in [-0.39, 0.29) is 11.7 Å². The van der Waals surface area contributed by atoms with Crippen LogP contribution in [0.5, 0.6) is 0 Å². The second-order valence-corrected chi connectivity index (χ2v) is 7.31. The predicted molar refractivity (Wildman–Crippen MR) is 98.5 cm³/mol. The van der Waals surface area contributed by atoms with Crippen LogP contribution in [0.4, 0.5) is 5.69 Å². The number of rotatable bonds is 4. The van der Waals surface area contributed by atoms with Gasteiger partial charge in [0.05, 0.1) is 5.75 Å². The highest BCUT2D eigenvalue weighted by molar-refractivity contribution is 9.10. The van der Waals surface area contributed by atoms with Gasteiger partial charge in [0.1, 0.15) is 0 Å². The first-order valence-corrected chi connectivity index (χ1v) is 9.10. The Labute approximate surface area is 152 Å². The Morgan fingerprint density at radius 1 is 1.25 bits per heavy atom. The smallest absolute Gasteiger partial charge is 0.256 e. The highest BCUT2D eigenvalue weighted by Gasteiger charge is 2.13. The van der Waals surface area contributed by atoms with Crippen LogP contribution < -0.4 is 5.32 Å². The molecule has 0 radical (unpaired) electrons. The Morgan fingerprint density at radius 3 is 2.79 bits per heavy atom. The minimum atomic E-state index is -0.0834. The number of halogens is 1. The molecule has 1 amide bonds. The fourth-order valence-corrected chi connectivity index (χ4v) is 3.64. The molecule has 0 saturated carbocycles. The van der Waals surface area contributed by atoms with E-state index in [1.54, 1.807) is 0 Å². The molecule has 24 heavy (non-hydrogen) atoms. The van der Waals surface area contributed by atoms with Crippen molar-refractivity contribution in [2.24, 2.45) is 0 Å². The van der Waals surface area contributed by atoms with Gasteiger partial charge in [-0.15, -0.1) is 10.2 Å². The quantitative estimate of drug-likeness (QED) is 0.671. The standard InChI is InChI=1S/C16H16BrN5OS/c1-9-6-12(17)4-5-13(9)19-14(23)8-24-16-21-20-15-18-10(2)7-11(3)22(15)16/h4-7H,8H2,1-3H3,(H,19,23). The number of carbonyl (C=O) groups is 1. The number of benzene rings is 1. The maximum absolute atomic E-state index is 12.2. The molecule has 0 fully saturated rings. The van der Waals surface area contributed by atoms with Crippen molar-refractivity contribution in [2.45, 2.75) is 25.9 Å². The molecule has 124 valence electrons. The summed E-state index contributed by atoms with van der Waals surface area (Å²) in [7, 11) is 0. The van der Waals surface area contributed by atoms with Crippen LogP contribution in [-0.4, -0.2) is 31.2 Å². The zero-order chi connectivity index (χ0) is 17.3. The predicted octanol–water partition coefficient (Wildman–Crippen LogP) is 3.54. The van der Waals surface area contributed by atoms with Gasteiger partial charge in [-0.1, -0.05) is 27.7 Å². The zero-order valence-electron chi connectivity index (χ0n) is 13.5. The third-order valence-electron chi connectivity index (χ3n) is 3.46. The van der Waals surface area contributed by atoms with E-state index < -0.39 is 0 Å². The summed E-state index contributed by atoms with van der Waals surface area (Å²) in [6.45, 7) is 5.85. The second-order valence-electron chi connectivity index (χ2n) is 5.45. The zero-order valence-corrected chi connectivity index (χ0v) is 15.9. The van der Waals surface area contributed by atoms with E-state index in [9.17, 15) is 4.79 Å². The number of fused-ring (bicyclic) bond motifs is 1. The Morgan fingerprint density at radius 2 is 2.04 bits per heavy atom. The Balaban J connectivity index is 1.70. The Bertz CT molecular complexity index is 924. The SMILES string of the molecule is Cc1cc(C)n2c(SCC(=O)Nc3ccc(Br)cc3C)nnc2n1. The van der Waals surface area contributed by atoms with Gasteiger partial charge in [-0.3, -0.25) is 9.20 Å². The number of hydrogen-bond donors (Lipinski definition) is 1. The maximum atomic E-state index is 12.2. The summed E-state index contributed by atoms with van der Waals surface area (Å²) in [5.74, 6) is 0.725. The van der Waals surface area contributed by atoms with Crippen LogP contribution in [0.1, 0.15) is 17.0 Å². The summed E-state index contributed by atoms with van der Waals surface area (Å²) in [5.41, 5.74) is 3.70. The summed E-state index contributed by atoms with van der Waals surface area (Å²) >= 11 is 4.75. The van der Waals surface area contributed by atoms with Gasteiger partial charge in [0, 0.05) is 21.5 Å². The largest absolute Gasteiger partial charge is 0.325 e. The van der Waals surface area contributed by atoms with Gasteiger partial charge in [-0.25, -0.2) is 4.98 Å². The molecule has 1 aromatic carbocycles. The lowest BCUT2D eigenvalue weighted by Gasteiger charge is -2.08. The molecule has 0 aliphatic heterocycles. The van der Waals surface area contributed by atoms with E-state index >= 15 is 0 Å². The van der Waals surface area contributed by atoms with Crippen molar-refractivity contribution in [3.63, 3.8) is 0 Å². The van der Waals surface area contributed by atoms with Crippen molar-refractivity contribution in [2.75, 3.05) is 11.1 Å². The van der Waals surface area contributed by atoms with Gasteiger partial charge >= 0.3 is 0 Å². The number of carbonyl (C=O) groups excluding carboxylic acids is 1. The number of thioether (sulfide) groups is 1. The second kappa shape index (κ2) is 6.90. The Kier molecular flexibility index (Phi) is 4.86. The molecular formula is C16H16BrN5OS. The molecule has 6 nitrogen and oxygen atoms in total. The molecule has 2 aromatic heterocycles. The number of amides is 1. The first-order valence-electron chi connectivity index (χ1n) is 7.32. The molecule has 2 heterocycles. The highest BCUT2D eigenvalue weighted by atomic mass is 79.9. The van der Waals surface area contributed by atoms with Crippen LogP contribution in [0.3, 0.4) is 0 Å². The van der Waals surface area contributed by atoms with Crippen molar-refractivity contribution in [3.8, 4) is 0 Å². The third kappa shape index (κ3) is 3.59. The van der Waals surface area contributed by atoms with Gasteiger partial charge < -0.3 is 5.32 Å². The van der Waals surface area contributed by atoms with Gasteiger partial charge in [0.2, 0.25) is 5.91 Å². The van der Waals surface area contributed by atoms with E-state index in [2.05, 4.69) is 36.4 Å². The first kappa shape index (κ1) is 16.9. The molecule has 3 rings (SSSR count). The average Bonchev–Trinajstić information content (AvgIpc) is 2.91. The molecule has 8 heteroatoms. The fourth-order valence-electron chi connectivity index (χ4n) is 2.38. The minimum absolute atomic E-state index is 0.0834. The number of anilines is 1. The number of hydrogen-bond acceptors (Lipinski definition) is 5. The highest BCUT2D eigenvalue weighted by Crippen LogP contribution is 2.22. The summed E-state index contributed by atoms with van der Waals surface area (Å²) < 4.78 is 2.84. The molecule has 0 aliphatic carbocycles. The normalized spacial score (nSPS) is 11.0. The van der Waals surface area contributed by atoms with E-state index in [0.717, 1.165) is 27.1 Å². The number of aromatic nitrogens is 4. The van der Waals surface area contributed by atoms with Crippen molar-refractivity contribution >= 4 is 45.1 Å². The number of aryl methyl sites for hydroxylation is 3. The summed E-state index contributed by atoms with van der Waals surface area (Å²) in [5, 5.41) is 11.8. The molecular weight excluding hydrogens is 390 g/mol. The van der Waals surface area contributed by atoms with Gasteiger partial charge in [0.25, 0.3) is 5.78 Å². The molecule has 0 bridgehead atoms. The van der Waals surface area contributed by atoms with Crippen LogP contribution in [0.2, 0.25) is 0 Å². The average molecular weight is 406 g/mol. The van der Waals surface area contributed by atoms with Gasteiger partial charge in [0.15, 0.2) is 5.16 Å². The maximum Gasteiger partial charge on any atom is 0.256 e. The molecule has 1 N–H and O–H groups in total. The number of nitrogens with zero attached hydrogens (tertiary/aromatic N) is 4. The topological polar surface area (TPSA) is 72.2 Å². The molecule has 0 atom stereocenters. The summed E-state index contributed by atoms with van der Waals surface area (Å²) in [6.07, 6.45) is 0. The van der Waals surface area contributed by atoms with Crippen molar-refractivity contribution in [3.05, 3.63) is 45.7 Å². The van der Waals surface area contributed by atoms with Crippen LogP contribution >= 0.6 is 27.7 Å². The minimum Gasteiger partial charge on any atom is -0.325 e. The molecule has 0 unspecified atom stereocenters. The molecule has 0 spiro atoms. The lowest BCUT2D eigenvalue weighted by molar-refractivity contribution is -0.113. The van der Waals surface area contributed by atoms with E-state index in [4.69, 9.17) is 0 Å². The third-order valence-corrected chi connectivity index (χ3v) is 4.88. The van der Waals surface area contributed by atoms with Crippen molar-refractivity contribution in [1.82, 2.24) is 19.6 Å². The fraction of sp³-hybridized carbons (Fsp3) is 0.250. The van der Waals surface area contributed by atoms with Gasteiger partial charge in [-0.05, 0) is 50.6 Å². The first-order chi connectivity index (χ1) is 11.4. The molecule has 3 aromatic rings. The lowest BCUT2D eigenvalue weighted by Crippen LogP contribution is -2.15. The Hall–Kier alpha value is -1.93. The van der Waals surface area contributed by atoms with Crippen LogP contribution in [0.25, 0.3) is 5.78 Å². The monoisotopic (exact) mass is 405 g/mol. The van der Waals surface area contributed by atoms with Crippen molar-refractivity contribution < 1.29 is 4.79 Å². The molecule has 0 aliphatic rings. The van der Waals surface area contributed by atoms with E-state index in [0.29, 0.717) is 10.9 Å². The van der Waals surface area contributed by atoms with E-state index in [1.807, 2.05) is 49.4 Å². The van der Waals surface area contributed by atoms with Crippen LogP contribution in [0.15, 0.2) is 33.9 Å². The van der Waals surface area contributed by atoms with E-state index in [1.165, 1.54) is 11.8 Å². The lowest BCUT2D eigenvalue weighted by atomic mass is 10.2. The number of nitrogens with one attached hydrogen (secondary N) is 1. The molecule has 0 saturated heterocycles. The summed E-state index contributed by atoms with van der Waals surface area (Å²) in [6, 6.07) is 7.71. The van der Waals surface area contributed by atoms with Crippen molar-refractivity contribution in [1.29, 1.82) is 0 Å².